The van der Waals surface area contributed by atoms with Crippen LogP contribution >= 0.6 is 0 Å². The summed E-state index contributed by atoms with van der Waals surface area (Å²) in [5.74, 6) is -0.343. The number of ether oxygens (including phenoxy) is 2. The zero-order valence-electron chi connectivity index (χ0n) is 20.6. The number of rotatable bonds is 12. The molecule has 0 aromatic carbocycles. The van der Waals surface area contributed by atoms with Gasteiger partial charge in [-0.25, -0.2) is 0 Å². The summed E-state index contributed by atoms with van der Waals surface area (Å²) in [4.78, 5) is 22.4. The summed E-state index contributed by atoms with van der Waals surface area (Å²) in [5.41, 5.74) is 1.50. The molecule has 4 nitrogen and oxygen atoms in total. The number of carbonyl (C=O) groups is 2. The smallest absolute Gasteiger partial charge is 0.306 e. The fourth-order valence-corrected chi connectivity index (χ4v) is 2.35. The topological polar surface area (TPSA) is 52.6 Å². The lowest BCUT2D eigenvalue weighted by molar-refractivity contribution is -0.154. The van der Waals surface area contributed by atoms with Gasteiger partial charge < -0.3 is 9.47 Å². The Bertz CT molecular complexity index is 553. The van der Waals surface area contributed by atoms with Gasteiger partial charge in [0.15, 0.2) is 0 Å². The van der Waals surface area contributed by atoms with Crippen molar-refractivity contribution in [3.8, 4) is 0 Å². The maximum atomic E-state index is 11.2. The van der Waals surface area contributed by atoms with Crippen LogP contribution in [-0.2, 0) is 19.1 Å². The summed E-state index contributed by atoms with van der Waals surface area (Å²) >= 11 is 0. The lowest BCUT2D eigenvalue weighted by atomic mass is 9.99. The van der Waals surface area contributed by atoms with Crippen LogP contribution in [0.15, 0.2) is 48.6 Å². The van der Waals surface area contributed by atoms with Crippen molar-refractivity contribution in [2.75, 3.05) is 0 Å². The van der Waals surface area contributed by atoms with E-state index in [1.807, 2.05) is 13.8 Å². The lowest BCUT2D eigenvalue weighted by Gasteiger charge is -2.25. The van der Waals surface area contributed by atoms with Crippen LogP contribution in [0.2, 0.25) is 0 Å². The highest BCUT2D eigenvalue weighted by Gasteiger charge is 2.24. The molecular weight excluding hydrogens is 376 g/mol. The molecule has 30 heavy (non-hydrogen) atoms. The van der Waals surface area contributed by atoms with E-state index in [2.05, 4.69) is 53.0 Å². The van der Waals surface area contributed by atoms with Gasteiger partial charge in [0.2, 0.25) is 0 Å². The summed E-state index contributed by atoms with van der Waals surface area (Å²) < 4.78 is 10.7. The SMILES string of the molecule is C=CC(C)(CCC=C(C)C)OC(=O)CC.C=CC(C)(CCC=C(C)C)OC(=O)CC. The molecule has 172 valence electrons. The molecule has 0 spiro atoms. The third-order valence-corrected chi connectivity index (χ3v) is 4.52. The Balaban J connectivity index is 0. The zero-order chi connectivity index (χ0) is 23.8. The Labute approximate surface area is 185 Å². The minimum atomic E-state index is -0.529. The Hall–Kier alpha value is -2.10. The standard InChI is InChI=1S/2C13H22O2/c2*1-6-12(14)15-13(5,7-2)10-8-9-11(3)4/h2*7,9H,2,6,8,10H2,1,3-5H3. The molecule has 0 aromatic rings. The van der Waals surface area contributed by atoms with Crippen LogP contribution in [0.4, 0.5) is 0 Å². The van der Waals surface area contributed by atoms with Gasteiger partial charge in [-0.15, -0.1) is 0 Å². The van der Waals surface area contributed by atoms with E-state index in [4.69, 9.17) is 9.47 Å². The first-order chi connectivity index (χ1) is 13.9. The minimum absolute atomic E-state index is 0.172. The van der Waals surface area contributed by atoms with E-state index >= 15 is 0 Å². The summed E-state index contributed by atoms with van der Waals surface area (Å²) in [5, 5.41) is 0. The Kier molecular flexibility index (Phi) is 15.8. The quantitative estimate of drug-likeness (QED) is 0.246. The van der Waals surface area contributed by atoms with Crippen molar-refractivity contribution in [3.05, 3.63) is 48.6 Å². The van der Waals surface area contributed by atoms with Gasteiger partial charge in [0.25, 0.3) is 0 Å². The average Bonchev–Trinajstić information content (AvgIpc) is 2.67. The van der Waals surface area contributed by atoms with Gasteiger partial charge in [0.1, 0.15) is 11.2 Å². The second-order valence-electron chi connectivity index (χ2n) is 8.33. The van der Waals surface area contributed by atoms with E-state index in [1.54, 1.807) is 26.0 Å². The third kappa shape index (κ3) is 15.8. The van der Waals surface area contributed by atoms with Crippen molar-refractivity contribution >= 4 is 11.9 Å². The van der Waals surface area contributed by atoms with Gasteiger partial charge in [-0.2, -0.15) is 0 Å². The van der Waals surface area contributed by atoms with Gasteiger partial charge in [0, 0.05) is 12.8 Å². The van der Waals surface area contributed by atoms with Crippen LogP contribution in [0.25, 0.3) is 0 Å². The second kappa shape index (κ2) is 15.7. The average molecular weight is 421 g/mol. The van der Waals surface area contributed by atoms with Gasteiger partial charge >= 0.3 is 11.9 Å². The Morgan fingerprint density at radius 2 is 1.03 bits per heavy atom. The largest absolute Gasteiger partial charge is 0.455 e. The molecule has 0 aliphatic rings. The zero-order valence-corrected chi connectivity index (χ0v) is 20.6. The first-order valence-corrected chi connectivity index (χ1v) is 10.8. The van der Waals surface area contributed by atoms with Crippen molar-refractivity contribution in [2.45, 2.75) is 105 Å². The molecule has 2 atom stereocenters. The van der Waals surface area contributed by atoms with E-state index in [9.17, 15) is 9.59 Å². The van der Waals surface area contributed by atoms with Crippen LogP contribution in [-0.4, -0.2) is 23.1 Å². The Morgan fingerprint density at radius 3 is 1.23 bits per heavy atom. The van der Waals surface area contributed by atoms with Crippen molar-refractivity contribution in [1.82, 2.24) is 0 Å². The van der Waals surface area contributed by atoms with E-state index in [1.165, 1.54) is 11.1 Å². The molecule has 0 saturated carbocycles. The number of hydrogen-bond acceptors (Lipinski definition) is 4. The summed E-state index contributed by atoms with van der Waals surface area (Å²) in [6, 6.07) is 0. The first-order valence-electron chi connectivity index (χ1n) is 10.8. The maximum Gasteiger partial charge on any atom is 0.306 e. The maximum absolute atomic E-state index is 11.2. The normalized spacial score (nSPS) is 13.9. The predicted octanol–water partition coefficient (Wildman–Crippen LogP) is 7.26. The van der Waals surface area contributed by atoms with Crippen LogP contribution in [0, 0.1) is 0 Å². The number of allylic oxidation sites excluding steroid dienone is 4. The summed E-state index contributed by atoms with van der Waals surface area (Å²) in [6.45, 7) is 23.1. The molecule has 0 heterocycles. The van der Waals surface area contributed by atoms with E-state index in [0.717, 1.165) is 25.7 Å². The number of hydrogen-bond donors (Lipinski definition) is 0. The molecule has 2 unspecified atom stereocenters. The van der Waals surface area contributed by atoms with Crippen molar-refractivity contribution in [1.29, 1.82) is 0 Å². The van der Waals surface area contributed by atoms with Gasteiger partial charge in [-0.3, -0.25) is 9.59 Å². The first kappa shape index (κ1) is 30.1. The lowest BCUT2D eigenvalue weighted by Crippen LogP contribution is -2.28. The fourth-order valence-electron chi connectivity index (χ4n) is 2.35. The summed E-state index contributed by atoms with van der Waals surface area (Å²) in [6.07, 6.45) is 11.9. The highest BCUT2D eigenvalue weighted by Crippen LogP contribution is 2.21. The fraction of sp³-hybridized carbons (Fsp3) is 0.615. The molecule has 0 bridgehead atoms. The van der Waals surface area contributed by atoms with Crippen LogP contribution in [0.3, 0.4) is 0 Å². The molecule has 0 saturated heterocycles. The number of carbonyl (C=O) groups excluding carboxylic acids is 2. The van der Waals surface area contributed by atoms with Gasteiger partial charge in [0.05, 0.1) is 0 Å². The Morgan fingerprint density at radius 1 is 0.733 bits per heavy atom. The van der Waals surface area contributed by atoms with Crippen molar-refractivity contribution < 1.29 is 19.1 Å². The molecule has 0 aliphatic heterocycles. The second-order valence-corrected chi connectivity index (χ2v) is 8.33. The molecule has 0 rings (SSSR count). The molecule has 0 amide bonds. The van der Waals surface area contributed by atoms with Crippen molar-refractivity contribution in [2.24, 2.45) is 0 Å². The minimum Gasteiger partial charge on any atom is -0.455 e. The van der Waals surface area contributed by atoms with E-state index in [0.29, 0.717) is 12.8 Å². The molecule has 0 aliphatic carbocycles. The molecule has 0 radical (unpaired) electrons. The highest BCUT2D eigenvalue weighted by atomic mass is 16.6. The third-order valence-electron chi connectivity index (χ3n) is 4.52. The molecule has 0 fully saturated rings. The van der Waals surface area contributed by atoms with Crippen LogP contribution < -0.4 is 0 Å². The van der Waals surface area contributed by atoms with Gasteiger partial charge in [-0.05, 0) is 79.4 Å². The van der Waals surface area contributed by atoms with E-state index < -0.39 is 11.2 Å². The summed E-state index contributed by atoms with van der Waals surface area (Å²) in [7, 11) is 0. The van der Waals surface area contributed by atoms with Crippen molar-refractivity contribution in [3.63, 3.8) is 0 Å². The highest BCUT2D eigenvalue weighted by molar-refractivity contribution is 5.70. The number of esters is 2. The molecule has 4 heteroatoms. The monoisotopic (exact) mass is 420 g/mol. The van der Waals surface area contributed by atoms with Crippen LogP contribution in [0.1, 0.15) is 93.9 Å². The predicted molar refractivity (Wildman–Crippen MR) is 127 cm³/mol. The molecular formula is C26H44O4. The molecule has 0 aromatic heterocycles. The van der Waals surface area contributed by atoms with Gasteiger partial charge in [-0.1, -0.05) is 50.3 Å². The molecule has 0 N–H and O–H groups in total. The van der Waals surface area contributed by atoms with Crippen LogP contribution in [0.5, 0.6) is 0 Å². The van der Waals surface area contributed by atoms with E-state index in [-0.39, 0.29) is 11.9 Å².